The summed E-state index contributed by atoms with van der Waals surface area (Å²) in [6.07, 6.45) is 1.73. The summed E-state index contributed by atoms with van der Waals surface area (Å²) in [5, 5.41) is 0. The van der Waals surface area contributed by atoms with Crippen LogP contribution < -0.4 is 20.5 Å². The lowest BCUT2D eigenvalue weighted by Crippen LogP contribution is -2.56. The first kappa shape index (κ1) is 13.2. The molecule has 10 heteroatoms. The van der Waals surface area contributed by atoms with E-state index in [2.05, 4.69) is 20.5 Å². The molecule has 0 aliphatic carbocycles. The van der Waals surface area contributed by atoms with Gasteiger partial charge in [-0.05, 0) is 19.3 Å². The van der Waals surface area contributed by atoms with Gasteiger partial charge in [-0.2, -0.15) is 9.66 Å². The number of nitrogens with one attached hydrogen (secondary N) is 4. The van der Waals surface area contributed by atoms with Crippen molar-refractivity contribution in [3.8, 4) is 0 Å². The summed E-state index contributed by atoms with van der Waals surface area (Å²) in [5.41, 5.74) is 5.44. The monoisotopic (exact) mass is 284 g/mol. The zero-order chi connectivity index (χ0) is 12.5. The first-order valence-corrected chi connectivity index (χ1v) is 8.67. The van der Waals surface area contributed by atoms with E-state index in [-0.39, 0.29) is 23.6 Å². The highest BCUT2D eigenvalue weighted by Crippen LogP contribution is 2.12. The van der Waals surface area contributed by atoms with E-state index in [0.29, 0.717) is 19.3 Å². The first-order valence-electron chi connectivity index (χ1n) is 5.36. The molecule has 4 N–H and O–H groups in total. The van der Waals surface area contributed by atoms with Crippen molar-refractivity contribution in [3.63, 3.8) is 0 Å². The Bertz CT molecular complexity index is 402. The molecule has 0 aromatic rings. The highest BCUT2D eigenvalue weighted by atomic mass is 32.2. The minimum absolute atomic E-state index is 0.0265. The molecule has 2 fully saturated rings. The third kappa shape index (κ3) is 3.86. The summed E-state index contributed by atoms with van der Waals surface area (Å²) in [5.74, 6) is 0.201. The number of hydrogen-bond acceptors (Lipinski definition) is 6. The van der Waals surface area contributed by atoms with Gasteiger partial charge in [0.25, 0.3) is 0 Å². The fourth-order valence-electron chi connectivity index (χ4n) is 1.88. The molecule has 2 rings (SSSR count). The van der Waals surface area contributed by atoms with Gasteiger partial charge in [0.2, 0.25) is 20.0 Å². The Morgan fingerprint density at radius 1 is 0.824 bits per heavy atom. The highest BCUT2D eigenvalue weighted by Gasteiger charge is 2.28. The fourth-order valence-corrected chi connectivity index (χ4v) is 3.97. The standard InChI is InChI=1S/C7H16N4O4S2/c12-16(13)3-1-6(8-10-16)5-7-2-4-17(14,15)11-9-7/h6-11H,1-5H2. The Morgan fingerprint density at radius 3 is 1.53 bits per heavy atom. The van der Waals surface area contributed by atoms with E-state index >= 15 is 0 Å². The normalized spacial score (nSPS) is 36.5. The van der Waals surface area contributed by atoms with E-state index in [9.17, 15) is 16.8 Å². The summed E-state index contributed by atoms with van der Waals surface area (Å²) in [6, 6.07) is 0.0530. The van der Waals surface area contributed by atoms with Crippen LogP contribution in [0.25, 0.3) is 0 Å². The van der Waals surface area contributed by atoms with Crippen molar-refractivity contribution in [1.29, 1.82) is 0 Å². The van der Waals surface area contributed by atoms with Gasteiger partial charge in [-0.1, -0.05) is 0 Å². The molecule has 0 bridgehead atoms. The lowest BCUT2D eigenvalue weighted by Gasteiger charge is -2.30. The van der Waals surface area contributed by atoms with E-state index in [4.69, 9.17) is 0 Å². The SMILES string of the molecule is O=S1(=O)CCC(CC2CCS(=O)(=O)NN2)NN1. The molecule has 2 aliphatic rings. The van der Waals surface area contributed by atoms with E-state index in [1.54, 1.807) is 0 Å². The van der Waals surface area contributed by atoms with Gasteiger partial charge >= 0.3 is 0 Å². The van der Waals surface area contributed by atoms with Gasteiger partial charge in [0, 0.05) is 12.1 Å². The second-order valence-corrected chi connectivity index (χ2v) is 8.02. The third-order valence-electron chi connectivity index (χ3n) is 2.88. The molecule has 0 radical (unpaired) electrons. The number of hydrazine groups is 2. The molecule has 0 aromatic carbocycles. The van der Waals surface area contributed by atoms with Crippen molar-refractivity contribution in [2.45, 2.75) is 31.3 Å². The molecular formula is C7H16N4O4S2. The smallest absolute Gasteiger partial charge is 0.224 e. The van der Waals surface area contributed by atoms with Crippen molar-refractivity contribution >= 4 is 20.0 Å². The van der Waals surface area contributed by atoms with Crippen LogP contribution in [0, 0.1) is 0 Å². The number of sulfonamides is 2. The summed E-state index contributed by atoms with van der Waals surface area (Å²) < 4.78 is 44.4. The largest absolute Gasteiger partial charge is 0.241 e. The van der Waals surface area contributed by atoms with Crippen molar-refractivity contribution in [2.24, 2.45) is 0 Å². The van der Waals surface area contributed by atoms with Crippen LogP contribution in [-0.4, -0.2) is 40.4 Å². The van der Waals surface area contributed by atoms with Crippen molar-refractivity contribution in [2.75, 3.05) is 11.5 Å². The van der Waals surface area contributed by atoms with Crippen molar-refractivity contribution in [3.05, 3.63) is 0 Å². The van der Waals surface area contributed by atoms with Gasteiger partial charge in [0.05, 0.1) is 11.5 Å². The highest BCUT2D eigenvalue weighted by molar-refractivity contribution is 7.89. The van der Waals surface area contributed by atoms with Crippen LogP contribution in [0.1, 0.15) is 19.3 Å². The van der Waals surface area contributed by atoms with Crippen molar-refractivity contribution in [1.82, 2.24) is 20.5 Å². The Kier molecular flexibility index (Phi) is 3.71. The molecular weight excluding hydrogens is 268 g/mol. The second kappa shape index (κ2) is 4.78. The van der Waals surface area contributed by atoms with E-state index in [1.807, 2.05) is 0 Å². The fraction of sp³-hybridized carbons (Fsp3) is 1.00. The molecule has 0 amide bonds. The zero-order valence-electron chi connectivity index (χ0n) is 9.14. The molecule has 0 aromatic heterocycles. The molecule has 0 saturated carbocycles. The first-order chi connectivity index (χ1) is 7.86. The minimum Gasteiger partial charge on any atom is -0.241 e. The van der Waals surface area contributed by atoms with Gasteiger partial charge < -0.3 is 0 Å². The summed E-state index contributed by atoms with van der Waals surface area (Å²) in [4.78, 5) is 4.54. The lowest BCUT2D eigenvalue weighted by atomic mass is 10.0. The van der Waals surface area contributed by atoms with Crippen LogP contribution in [0.3, 0.4) is 0 Å². The van der Waals surface area contributed by atoms with E-state index in [0.717, 1.165) is 0 Å². The molecule has 2 atom stereocenters. The third-order valence-corrected chi connectivity index (χ3v) is 5.28. The maximum absolute atomic E-state index is 11.1. The van der Waals surface area contributed by atoms with Gasteiger partial charge in [0.1, 0.15) is 0 Å². The van der Waals surface area contributed by atoms with Crippen LogP contribution in [0.4, 0.5) is 0 Å². The molecule has 8 nitrogen and oxygen atoms in total. The van der Waals surface area contributed by atoms with E-state index in [1.165, 1.54) is 0 Å². The Labute approximate surface area is 101 Å². The number of rotatable bonds is 2. The quantitative estimate of drug-likeness (QED) is 0.456. The molecule has 2 unspecified atom stereocenters. The van der Waals surface area contributed by atoms with Gasteiger partial charge in [-0.3, -0.25) is 0 Å². The van der Waals surface area contributed by atoms with Crippen LogP contribution in [0.2, 0.25) is 0 Å². The summed E-state index contributed by atoms with van der Waals surface area (Å²) in [7, 11) is -6.34. The second-order valence-electron chi connectivity index (χ2n) is 4.34. The van der Waals surface area contributed by atoms with Gasteiger partial charge in [-0.15, -0.1) is 0 Å². The average molecular weight is 284 g/mol. The topological polar surface area (TPSA) is 116 Å². The maximum atomic E-state index is 11.1. The van der Waals surface area contributed by atoms with Gasteiger partial charge in [0.15, 0.2) is 0 Å². The van der Waals surface area contributed by atoms with Crippen LogP contribution >= 0.6 is 0 Å². The van der Waals surface area contributed by atoms with Crippen molar-refractivity contribution < 1.29 is 16.8 Å². The molecule has 100 valence electrons. The van der Waals surface area contributed by atoms with E-state index < -0.39 is 20.0 Å². The van der Waals surface area contributed by atoms with Crippen LogP contribution in [0.5, 0.6) is 0 Å². The van der Waals surface area contributed by atoms with Gasteiger partial charge in [-0.25, -0.2) is 27.7 Å². The maximum Gasteiger partial charge on any atom is 0.224 e. The molecule has 2 heterocycles. The molecule has 17 heavy (non-hydrogen) atoms. The minimum atomic E-state index is -3.17. The van der Waals surface area contributed by atoms with Crippen LogP contribution in [-0.2, 0) is 20.0 Å². The summed E-state index contributed by atoms with van der Waals surface area (Å²) >= 11 is 0. The number of hydrogen-bond donors (Lipinski definition) is 4. The predicted octanol–water partition coefficient (Wildman–Crippen LogP) is -2.23. The molecule has 0 spiro atoms. The predicted molar refractivity (Wildman–Crippen MR) is 61.5 cm³/mol. The summed E-state index contributed by atoms with van der Waals surface area (Å²) in [6.45, 7) is 0. The molecule has 2 saturated heterocycles. The average Bonchev–Trinajstić information content (AvgIpc) is 2.24. The Balaban J connectivity index is 1.80. The molecule has 2 aliphatic heterocycles. The lowest BCUT2D eigenvalue weighted by molar-refractivity contribution is 0.338. The van der Waals surface area contributed by atoms with Crippen LogP contribution in [0.15, 0.2) is 0 Å². The zero-order valence-corrected chi connectivity index (χ0v) is 10.8. The Morgan fingerprint density at radius 2 is 1.24 bits per heavy atom. The Hall–Kier alpha value is -0.260.